The molecule has 0 aliphatic heterocycles. The van der Waals surface area contributed by atoms with Crippen molar-refractivity contribution < 1.29 is 0 Å². The van der Waals surface area contributed by atoms with Crippen LogP contribution in [0.5, 0.6) is 0 Å². The van der Waals surface area contributed by atoms with Crippen LogP contribution < -0.4 is 5.73 Å². The summed E-state index contributed by atoms with van der Waals surface area (Å²) >= 11 is 1.86. The first-order chi connectivity index (χ1) is 7.75. The van der Waals surface area contributed by atoms with Gasteiger partial charge >= 0.3 is 0 Å². The third-order valence-electron chi connectivity index (χ3n) is 4.31. The summed E-state index contributed by atoms with van der Waals surface area (Å²) in [7, 11) is 0. The first-order valence-electron chi connectivity index (χ1n) is 6.56. The van der Waals surface area contributed by atoms with Crippen LogP contribution in [-0.4, -0.2) is 5.54 Å². The molecule has 16 heavy (non-hydrogen) atoms. The molecule has 0 amide bonds. The van der Waals surface area contributed by atoms with E-state index in [1.165, 1.54) is 43.4 Å². The van der Waals surface area contributed by atoms with Crippen LogP contribution in [0.1, 0.15) is 43.4 Å². The Morgan fingerprint density at radius 2 is 2.19 bits per heavy atom. The van der Waals surface area contributed by atoms with Gasteiger partial charge in [0.25, 0.3) is 0 Å². The van der Waals surface area contributed by atoms with E-state index >= 15 is 0 Å². The summed E-state index contributed by atoms with van der Waals surface area (Å²) in [6.07, 6.45) is 9.34. The SMILES string of the molecule is NC1(Cc2cccs2)CCCC(C2CC2)C1. The van der Waals surface area contributed by atoms with Gasteiger partial charge in [-0.15, -0.1) is 11.3 Å². The Labute approximate surface area is 102 Å². The highest BCUT2D eigenvalue weighted by Gasteiger charge is 2.39. The van der Waals surface area contributed by atoms with Gasteiger partial charge in [0, 0.05) is 10.4 Å². The largest absolute Gasteiger partial charge is 0.325 e. The fourth-order valence-corrected chi connectivity index (χ4v) is 4.19. The first kappa shape index (κ1) is 10.8. The van der Waals surface area contributed by atoms with E-state index in [-0.39, 0.29) is 5.54 Å². The maximum atomic E-state index is 6.61. The van der Waals surface area contributed by atoms with Crippen molar-refractivity contribution in [2.75, 3.05) is 0 Å². The molecule has 2 aliphatic rings. The smallest absolute Gasteiger partial charge is 0.0205 e. The van der Waals surface area contributed by atoms with E-state index < -0.39 is 0 Å². The molecular weight excluding hydrogens is 214 g/mol. The van der Waals surface area contributed by atoms with Crippen LogP contribution in [-0.2, 0) is 6.42 Å². The highest BCUT2D eigenvalue weighted by Crippen LogP contribution is 2.46. The normalized spacial score (nSPS) is 35.2. The zero-order valence-electron chi connectivity index (χ0n) is 9.82. The predicted octanol–water partition coefficient (Wildman–Crippen LogP) is 3.59. The predicted molar refractivity (Wildman–Crippen MR) is 69.6 cm³/mol. The first-order valence-corrected chi connectivity index (χ1v) is 7.44. The van der Waals surface area contributed by atoms with E-state index in [9.17, 15) is 0 Å². The summed E-state index contributed by atoms with van der Waals surface area (Å²) in [6.45, 7) is 0. The van der Waals surface area contributed by atoms with Crippen molar-refractivity contribution >= 4 is 11.3 Å². The molecule has 2 atom stereocenters. The molecule has 3 rings (SSSR count). The third-order valence-corrected chi connectivity index (χ3v) is 5.19. The van der Waals surface area contributed by atoms with Crippen LogP contribution in [0, 0.1) is 11.8 Å². The Bertz CT molecular complexity index is 342. The standard InChI is InChI=1S/C14H21NS/c15-14(10-13-4-2-8-16-13)7-1-3-12(9-14)11-5-6-11/h2,4,8,11-12H,1,3,5-7,9-10,15H2. The Hall–Kier alpha value is -0.340. The van der Waals surface area contributed by atoms with Crippen molar-refractivity contribution in [1.82, 2.24) is 0 Å². The zero-order valence-corrected chi connectivity index (χ0v) is 10.6. The second-order valence-electron chi connectivity index (χ2n) is 5.81. The minimum Gasteiger partial charge on any atom is -0.325 e. The van der Waals surface area contributed by atoms with Gasteiger partial charge < -0.3 is 5.73 Å². The number of thiophene rings is 1. The number of rotatable bonds is 3. The molecule has 2 heteroatoms. The summed E-state index contributed by atoms with van der Waals surface area (Å²) in [5, 5.41) is 2.17. The van der Waals surface area contributed by atoms with Gasteiger partial charge in [-0.25, -0.2) is 0 Å². The van der Waals surface area contributed by atoms with Gasteiger partial charge in [0.2, 0.25) is 0 Å². The topological polar surface area (TPSA) is 26.0 Å². The van der Waals surface area contributed by atoms with Gasteiger partial charge in [0.1, 0.15) is 0 Å². The van der Waals surface area contributed by atoms with Gasteiger partial charge in [-0.2, -0.15) is 0 Å². The minimum atomic E-state index is 0.107. The fraction of sp³-hybridized carbons (Fsp3) is 0.714. The van der Waals surface area contributed by atoms with E-state index in [2.05, 4.69) is 17.5 Å². The lowest BCUT2D eigenvalue weighted by molar-refractivity contribution is 0.205. The molecule has 1 aromatic rings. The summed E-state index contributed by atoms with van der Waals surface area (Å²) in [4.78, 5) is 1.47. The molecule has 2 aliphatic carbocycles. The van der Waals surface area contributed by atoms with Crippen LogP contribution >= 0.6 is 11.3 Å². The van der Waals surface area contributed by atoms with E-state index in [1.807, 2.05) is 11.3 Å². The van der Waals surface area contributed by atoms with Gasteiger partial charge in [-0.05, 0) is 55.4 Å². The molecule has 2 fully saturated rings. The quantitative estimate of drug-likeness (QED) is 0.851. The van der Waals surface area contributed by atoms with Crippen LogP contribution in [0.3, 0.4) is 0 Å². The van der Waals surface area contributed by atoms with Crippen molar-refractivity contribution in [2.24, 2.45) is 17.6 Å². The van der Waals surface area contributed by atoms with Crippen LogP contribution in [0.4, 0.5) is 0 Å². The highest BCUT2D eigenvalue weighted by molar-refractivity contribution is 7.09. The van der Waals surface area contributed by atoms with Gasteiger partial charge in [0.05, 0.1) is 0 Å². The third kappa shape index (κ3) is 2.33. The molecule has 0 radical (unpaired) electrons. The van der Waals surface area contributed by atoms with E-state index in [0.29, 0.717) is 0 Å². The molecule has 2 N–H and O–H groups in total. The Morgan fingerprint density at radius 3 is 2.88 bits per heavy atom. The van der Waals surface area contributed by atoms with Crippen LogP contribution in [0.25, 0.3) is 0 Å². The fourth-order valence-electron chi connectivity index (χ4n) is 3.33. The number of hydrogen-bond donors (Lipinski definition) is 1. The summed E-state index contributed by atoms with van der Waals surface area (Å²) in [5.74, 6) is 1.98. The van der Waals surface area contributed by atoms with Crippen molar-refractivity contribution in [2.45, 2.75) is 50.5 Å². The highest BCUT2D eigenvalue weighted by atomic mass is 32.1. The monoisotopic (exact) mass is 235 g/mol. The Balaban J connectivity index is 1.66. The molecule has 0 aromatic carbocycles. The van der Waals surface area contributed by atoms with Crippen molar-refractivity contribution in [3.8, 4) is 0 Å². The summed E-state index contributed by atoms with van der Waals surface area (Å²) in [5.41, 5.74) is 6.72. The molecule has 1 heterocycles. The molecule has 2 saturated carbocycles. The molecule has 2 unspecified atom stereocenters. The summed E-state index contributed by atoms with van der Waals surface area (Å²) in [6, 6.07) is 4.38. The van der Waals surface area contributed by atoms with E-state index in [1.54, 1.807) is 0 Å². The molecule has 0 bridgehead atoms. The van der Waals surface area contributed by atoms with Gasteiger partial charge in [-0.3, -0.25) is 0 Å². The van der Waals surface area contributed by atoms with Crippen LogP contribution in [0.2, 0.25) is 0 Å². The Kier molecular flexibility index (Phi) is 2.80. The minimum absolute atomic E-state index is 0.107. The van der Waals surface area contributed by atoms with Crippen molar-refractivity contribution in [3.05, 3.63) is 22.4 Å². The molecule has 1 aromatic heterocycles. The van der Waals surface area contributed by atoms with Crippen molar-refractivity contribution in [3.63, 3.8) is 0 Å². The molecule has 88 valence electrons. The van der Waals surface area contributed by atoms with Gasteiger partial charge in [0.15, 0.2) is 0 Å². The Morgan fingerprint density at radius 1 is 1.31 bits per heavy atom. The lowest BCUT2D eigenvalue weighted by Gasteiger charge is -2.38. The maximum Gasteiger partial charge on any atom is 0.0205 e. The molecular formula is C14H21NS. The van der Waals surface area contributed by atoms with Crippen molar-refractivity contribution in [1.29, 1.82) is 0 Å². The van der Waals surface area contributed by atoms with Gasteiger partial charge in [-0.1, -0.05) is 18.9 Å². The number of nitrogens with two attached hydrogens (primary N) is 1. The average molecular weight is 235 g/mol. The average Bonchev–Trinajstić information content (AvgIpc) is 2.99. The molecule has 0 spiro atoms. The number of hydrogen-bond acceptors (Lipinski definition) is 2. The van der Waals surface area contributed by atoms with E-state index in [0.717, 1.165) is 18.3 Å². The zero-order chi connectivity index (χ0) is 11.0. The van der Waals surface area contributed by atoms with E-state index in [4.69, 9.17) is 5.73 Å². The lowest BCUT2D eigenvalue weighted by atomic mass is 9.72. The maximum absolute atomic E-state index is 6.61. The molecule has 1 nitrogen and oxygen atoms in total. The van der Waals surface area contributed by atoms with Crippen LogP contribution in [0.15, 0.2) is 17.5 Å². The molecule has 0 saturated heterocycles. The second-order valence-corrected chi connectivity index (χ2v) is 6.84. The second kappa shape index (κ2) is 4.15. The summed E-state index contributed by atoms with van der Waals surface area (Å²) < 4.78 is 0. The lowest BCUT2D eigenvalue weighted by Crippen LogP contribution is -2.46.